The fraction of sp³-hybridized carbons (Fsp3) is 1.00. The van der Waals surface area contributed by atoms with Crippen molar-refractivity contribution in [1.29, 1.82) is 0 Å². The van der Waals surface area contributed by atoms with Crippen molar-refractivity contribution in [3.8, 4) is 0 Å². The maximum Gasteiger partial charge on any atom is 0.398 e. The van der Waals surface area contributed by atoms with Crippen LogP contribution >= 0.6 is 21.6 Å². The lowest BCUT2D eigenvalue weighted by Gasteiger charge is -2.23. The molecule has 0 spiro atoms. The van der Waals surface area contributed by atoms with Gasteiger partial charge in [-0.2, -0.15) is 13.2 Å². The zero-order valence-corrected chi connectivity index (χ0v) is 9.15. The first-order valence-corrected chi connectivity index (χ1v) is 6.84. The lowest BCUT2D eigenvalue weighted by molar-refractivity contribution is -0.104. The molecule has 0 aromatic rings. The highest BCUT2D eigenvalue weighted by Gasteiger charge is 2.29. The second kappa shape index (κ2) is 5.49. The average molecular weight is 248 g/mol. The van der Waals surface area contributed by atoms with E-state index in [-0.39, 0.29) is 5.25 Å². The summed E-state index contributed by atoms with van der Waals surface area (Å²) in [5, 5.41) is 0.0612. The molecule has 84 valence electrons. The first kappa shape index (κ1) is 12.5. The van der Waals surface area contributed by atoms with Crippen LogP contribution < -0.4 is 0 Å². The van der Waals surface area contributed by atoms with Crippen LogP contribution in [0.1, 0.15) is 25.7 Å². The summed E-state index contributed by atoms with van der Waals surface area (Å²) < 4.78 is 48.2. The second-order valence-corrected chi connectivity index (χ2v) is 6.03. The van der Waals surface area contributed by atoms with Crippen LogP contribution in [0.2, 0.25) is 0 Å². The van der Waals surface area contributed by atoms with E-state index in [4.69, 9.17) is 0 Å². The maximum absolute atomic E-state index is 12.9. The Labute approximate surface area is 88.6 Å². The number of hydrogen-bond acceptors (Lipinski definition) is 2. The molecular formula is C8H12F4S2. The van der Waals surface area contributed by atoms with Crippen LogP contribution in [0.25, 0.3) is 0 Å². The molecule has 2 atom stereocenters. The highest BCUT2D eigenvalue weighted by molar-refractivity contribution is 8.76. The molecule has 6 heteroatoms. The molecule has 0 heterocycles. The van der Waals surface area contributed by atoms with Gasteiger partial charge in [-0.15, -0.1) is 0 Å². The average Bonchev–Trinajstić information content (AvgIpc) is 2.01. The van der Waals surface area contributed by atoms with Gasteiger partial charge in [0.25, 0.3) is 0 Å². The summed E-state index contributed by atoms with van der Waals surface area (Å²) in [6.45, 7) is 0. The Morgan fingerprint density at radius 1 is 1.21 bits per heavy atom. The second-order valence-electron chi connectivity index (χ2n) is 3.36. The Morgan fingerprint density at radius 2 is 1.93 bits per heavy atom. The Morgan fingerprint density at radius 3 is 2.50 bits per heavy atom. The van der Waals surface area contributed by atoms with Crippen LogP contribution in [0.15, 0.2) is 0 Å². The van der Waals surface area contributed by atoms with Crippen LogP contribution in [-0.2, 0) is 0 Å². The van der Waals surface area contributed by atoms with Crippen molar-refractivity contribution in [2.75, 3.05) is 5.75 Å². The summed E-state index contributed by atoms with van der Waals surface area (Å²) in [5.74, 6) is -0.842. The summed E-state index contributed by atoms with van der Waals surface area (Å²) in [6.07, 6.45) is -2.30. The molecule has 0 N–H and O–H groups in total. The van der Waals surface area contributed by atoms with Gasteiger partial charge in [-0.3, -0.25) is 0 Å². The summed E-state index contributed by atoms with van der Waals surface area (Å²) >= 11 is 0. The van der Waals surface area contributed by atoms with Gasteiger partial charge in [0.15, 0.2) is 0 Å². The molecule has 1 saturated carbocycles. The molecule has 1 aliphatic carbocycles. The van der Waals surface area contributed by atoms with E-state index in [1.165, 1.54) is 10.8 Å². The molecule has 0 nitrogen and oxygen atoms in total. The van der Waals surface area contributed by atoms with E-state index in [0.717, 1.165) is 23.6 Å². The van der Waals surface area contributed by atoms with Crippen LogP contribution in [0.3, 0.4) is 0 Å². The van der Waals surface area contributed by atoms with Crippen molar-refractivity contribution in [3.63, 3.8) is 0 Å². The third-order valence-electron chi connectivity index (χ3n) is 1.99. The summed E-state index contributed by atoms with van der Waals surface area (Å²) in [5.41, 5.74) is 0. The lowest BCUT2D eigenvalue weighted by Crippen LogP contribution is -2.18. The lowest BCUT2D eigenvalue weighted by atomic mass is 9.99. The maximum atomic E-state index is 12.9. The van der Waals surface area contributed by atoms with Gasteiger partial charge in [0, 0.05) is 5.25 Å². The standard InChI is InChI=1S/C8H12F4S2/c9-6-2-1-3-7(4-6)14-13-5-8(10,11)12/h6-7H,1-5H2. The van der Waals surface area contributed by atoms with Gasteiger partial charge < -0.3 is 0 Å². The van der Waals surface area contributed by atoms with Crippen LogP contribution in [0, 0.1) is 0 Å². The molecule has 0 amide bonds. The third kappa shape index (κ3) is 5.34. The quantitative estimate of drug-likeness (QED) is 0.542. The topological polar surface area (TPSA) is 0 Å². The number of hydrogen-bond donors (Lipinski definition) is 0. The van der Waals surface area contributed by atoms with Gasteiger partial charge in [-0.05, 0) is 25.7 Å². The molecule has 1 fully saturated rings. The molecule has 0 radical (unpaired) electrons. The highest BCUT2D eigenvalue weighted by atomic mass is 33.1. The minimum absolute atomic E-state index is 0.0612. The molecule has 14 heavy (non-hydrogen) atoms. The summed E-state index contributed by atoms with van der Waals surface area (Å²) in [4.78, 5) is 0. The minimum Gasteiger partial charge on any atom is -0.247 e. The first-order valence-electron chi connectivity index (χ1n) is 4.46. The number of halogens is 4. The van der Waals surface area contributed by atoms with E-state index < -0.39 is 18.1 Å². The third-order valence-corrected chi connectivity index (χ3v) is 4.85. The normalized spacial score (nSPS) is 29.1. The highest BCUT2D eigenvalue weighted by Crippen LogP contribution is 2.39. The Kier molecular flexibility index (Phi) is 4.90. The Hall–Kier alpha value is 0.420. The number of alkyl halides is 4. The smallest absolute Gasteiger partial charge is 0.247 e. The van der Waals surface area contributed by atoms with E-state index in [1.807, 2.05) is 0 Å². The van der Waals surface area contributed by atoms with Gasteiger partial charge in [0.2, 0.25) is 0 Å². The molecule has 0 bridgehead atoms. The first-order chi connectivity index (χ1) is 6.47. The molecule has 2 unspecified atom stereocenters. The molecule has 1 aliphatic rings. The van der Waals surface area contributed by atoms with Crippen LogP contribution in [-0.4, -0.2) is 23.4 Å². The van der Waals surface area contributed by atoms with E-state index >= 15 is 0 Å². The Bertz CT molecular complexity index is 171. The van der Waals surface area contributed by atoms with Crippen LogP contribution in [0.4, 0.5) is 17.6 Å². The minimum atomic E-state index is -4.11. The van der Waals surface area contributed by atoms with Crippen molar-refractivity contribution in [2.45, 2.75) is 43.3 Å². The van der Waals surface area contributed by atoms with Crippen molar-refractivity contribution < 1.29 is 17.6 Å². The molecule has 0 aliphatic heterocycles. The van der Waals surface area contributed by atoms with E-state index in [1.54, 1.807) is 0 Å². The van der Waals surface area contributed by atoms with Crippen molar-refractivity contribution in [1.82, 2.24) is 0 Å². The van der Waals surface area contributed by atoms with Crippen molar-refractivity contribution >= 4 is 21.6 Å². The summed E-state index contributed by atoms with van der Waals surface area (Å²) in [6, 6.07) is 0. The van der Waals surface area contributed by atoms with E-state index in [9.17, 15) is 17.6 Å². The van der Waals surface area contributed by atoms with Gasteiger partial charge in [-0.1, -0.05) is 21.6 Å². The van der Waals surface area contributed by atoms with Crippen molar-refractivity contribution in [2.24, 2.45) is 0 Å². The molecule has 1 rings (SSSR count). The monoisotopic (exact) mass is 248 g/mol. The fourth-order valence-electron chi connectivity index (χ4n) is 1.37. The zero-order chi connectivity index (χ0) is 10.6. The molecule has 0 aromatic carbocycles. The Balaban J connectivity index is 2.12. The van der Waals surface area contributed by atoms with E-state index in [2.05, 4.69) is 0 Å². The zero-order valence-electron chi connectivity index (χ0n) is 7.52. The summed E-state index contributed by atoms with van der Waals surface area (Å²) in [7, 11) is 1.98. The molecule has 0 saturated heterocycles. The van der Waals surface area contributed by atoms with Crippen molar-refractivity contribution in [3.05, 3.63) is 0 Å². The largest absolute Gasteiger partial charge is 0.398 e. The van der Waals surface area contributed by atoms with Gasteiger partial charge in [0.1, 0.15) is 6.17 Å². The molecule has 0 aromatic heterocycles. The van der Waals surface area contributed by atoms with Gasteiger partial charge in [0.05, 0.1) is 5.75 Å². The SMILES string of the molecule is FC1CCCC(SSCC(F)(F)F)C1. The number of rotatable bonds is 3. The molecular weight excluding hydrogens is 236 g/mol. The van der Waals surface area contributed by atoms with Crippen LogP contribution in [0.5, 0.6) is 0 Å². The van der Waals surface area contributed by atoms with E-state index in [0.29, 0.717) is 12.8 Å². The van der Waals surface area contributed by atoms with Gasteiger partial charge in [-0.25, -0.2) is 4.39 Å². The predicted molar refractivity (Wildman–Crippen MR) is 53.3 cm³/mol. The predicted octanol–water partition coefficient (Wildman–Crippen LogP) is 4.21. The fourth-order valence-corrected chi connectivity index (χ4v) is 4.02. The van der Waals surface area contributed by atoms with Gasteiger partial charge >= 0.3 is 6.18 Å².